The molecule has 1 N–H and O–H groups in total. The molecule has 0 radical (unpaired) electrons. The van der Waals surface area contributed by atoms with Gasteiger partial charge in [-0.3, -0.25) is 0 Å². The number of nitriles is 1. The number of hydrogen-bond donors (Lipinski definition) is 1. The fourth-order valence-corrected chi connectivity index (χ4v) is 3.07. The standard InChI is InChI=1S/C23H19N5O/c1-16-13-20(28-11-3-4-12-28)14-17(2)22(16)29-21-9-10-25-23(27-21)26-19-7-5-18(15-24)6-8-19/h3-14H,1-2H3,(H,25,26,27). The van der Waals surface area contributed by atoms with Crippen molar-refractivity contribution in [1.29, 1.82) is 5.26 Å². The van der Waals surface area contributed by atoms with Crippen LogP contribution in [0.4, 0.5) is 11.6 Å². The molecule has 0 bridgehead atoms. The number of anilines is 2. The van der Waals surface area contributed by atoms with Crippen LogP contribution in [0.15, 0.2) is 73.2 Å². The van der Waals surface area contributed by atoms with E-state index in [1.165, 1.54) is 0 Å². The van der Waals surface area contributed by atoms with Crippen molar-refractivity contribution < 1.29 is 4.74 Å². The SMILES string of the molecule is Cc1cc(-n2cccc2)cc(C)c1Oc1ccnc(Nc2ccc(C#N)cc2)n1. The molecule has 0 aliphatic rings. The zero-order valence-electron chi connectivity index (χ0n) is 16.1. The summed E-state index contributed by atoms with van der Waals surface area (Å²) in [7, 11) is 0. The number of hydrogen-bond acceptors (Lipinski definition) is 5. The minimum absolute atomic E-state index is 0.423. The van der Waals surface area contributed by atoms with Gasteiger partial charge in [0.05, 0.1) is 11.6 Å². The molecule has 29 heavy (non-hydrogen) atoms. The number of rotatable bonds is 5. The molecule has 6 heteroatoms. The van der Waals surface area contributed by atoms with Crippen LogP contribution in [0.1, 0.15) is 16.7 Å². The van der Waals surface area contributed by atoms with Crippen molar-refractivity contribution in [2.75, 3.05) is 5.32 Å². The van der Waals surface area contributed by atoms with E-state index in [-0.39, 0.29) is 0 Å². The summed E-state index contributed by atoms with van der Waals surface area (Å²) >= 11 is 0. The van der Waals surface area contributed by atoms with Gasteiger partial charge in [-0.15, -0.1) is 0 Å². The van der Waals surface area contributed by atoms with Gasteiger partial charge < -0.3 is 14.6 Å². The van der Waals surface area contributed by atoms with Crippen LogP contribution in [0.2, 0.25) is 0 Å². The van der Waals surface area contributed by atoms with E-state index in [1.807, 2.05) is 50.5 Å². The summed E-state index contributed by atoms with van der Waals surface area (Å²) in [5.41, 5.74) is 4.53. The van der Waals surface area contributed by atoms with Gasteiger partial charge in [-0.1, -0.05) is 0 Å². The fourth-order valence-electron chi connectivity index (χ4n) is 3.07. The molecular weight excluding hydrogens is 362 g/mol. The topological polar surface area (TPSA) is 75.8 Å². The number of benzene rings is 2. The third-order valence-corrected chi connectivity index (χ3v) is 4.45. The van der Waals surface area contributed by atoms with Crippen molar-refractivity contribution in [1.82, 2.24) is 14.5 Å². The molecule has 2 aromatic heterocycles. The molecule has 0 aliphatic carbocycles. The highest BCUT2D eigenvalue weighted by Gasteiger charge is 2.10. The summed E-state index contributed by atoms with van der Waals surface area (Å²) in [6.45, 7) is 4.04. The van der Waals surface area contributed by atoms with Crippen molar-refractivity contribution in [3.8, 4) is 23.4 Å². The Morgan fingerprint density at radius 3 is 2.34 bits per heavy atom. The molecule has 0 saturated carbocycles. The second-order valence-corrected chi connectivity index (χ2v) is 6.63. The second kappa shape index (κ2) is 7.87. The van der Waals surface area contributed by atoms with E-state index in [0.717, 1.165) is 28.3 Å². The molecule has 0 spiro atoms. The first-order valence-corrected chi connectivity index (χ1v) is 9.15. The fraction of sp³-hybridized carbons (Fsp3) is 0.0870. The molecule has 0 aliphatic heterocycles. The number of nitrogens with one attached hydrogen (secondary N) is 1. The first-order valence-electron chi connectivity index (χ1n) is 9.15. The smallest absolute Gasteiger partial charge is 0.230 e. The predicted octanol–water partition coefficient (Wildman–Crippen LogP) is 5.29. The average Bonchev–Trinajstić information content (AvgIpc) is 3.26. The van der Waals surface area contributed by atoms with E-state index < -0.39 is 0 Å². The first kappa shape index (κ1) is 18.3. The Bertz CT molecular complexity index is 1150. The van der Waals surface area contributed by atoms with Gasteiger partial charge in [0.1, 0.15) is 5.75 Å². The van der Waals surface area contributed by atoms with Crippen LogP contribution in [-0.2, 0) is 0 Å². The van der Waals surface area contributed by atoms with Crippen LogP contribution >= 0.6 is 0 Å². The second-order valence-electron chi connectivity index (χ2n) is 6.63. The number of ether oxygens (including phenoxy) is 1. The Kier molecular flexibility index (Phi) is 4.95. The Balaban J connectivity index is 1.55. The number of nitrogens with zero attached hydrogens (tertiary/aromatic N) is 4. The van der Waals surface area contributed by atoms with Crippen LogP contribution in [0.5, 0.6) is 11.6 Å². The molecule has 6 nitrogen and oxygen atoms in total. The van der Waals surface area contributed by atoms with Gasteiger partial charge in [0.25, 0.3) is 0 Å². The van der Waals surface area contributed by atoms with Crippen molar-refractivity contribution >= 4 is 11.6 Å². The molecule has 0 amide bonds. The van der Waals surface area contributed by atoms with E-state index in [4.69, 9.17) is 10.00 Å². The number of aryl methyl sites for hydroxylation is 2. The molecule has 0 saturated heterocycles. The van der Waals surface area contributed by atoms with Gasteiger partial charge in [0.2, 0.25) is 11.8 Å². The summed E-state index contributed by atoms with van der Waals surface area (Å²) in [6.07, 6.45) is 5.67. The summed E-state index contributed by atoms with van der Waals surface area (Å²) in [5, 5.41) is 12.0. The van der Waals surface area contributed by atoms with E-state index in [1.54, 1.807) is 24.4 Å². The average molecular weight is 381 g/mol. The Morgan fingerprint density at radius 2 is 1.69 bits per heavy atom. The monoisotopic (exact) mass is 381 g/mol. The summed E-state index contributed by atoms with van der Waals surface area (Å²) in [6, 6.07) is 19.1. The van der Waals surface area contributed by atoms with Crippen molar-refractivity contribution in [2.24, 2.45) is 0 Å². The largest absolute Gasteiger partial charge is 0.438 e. The molecule has 0 atom stereocenters. The van der Waals surface area contributed by atoms with Gasteiger partial charge in [-0.2, -0.15) is 10.2 Å². The summed E-state index contributed by atoms with van der Waals surface area (Å²) in [5.74, 6) is 1.66. The van der Waals surface area contributed by atoms with E-state index in [2.05, 4.69) is 38.1 Å². The Morgan fingerprint density at radius 1 is 1.00 bits per heavy atom. The van der Waals surface area contributed by atoms with E-state index in [0.29, 0.717) is 17.4 Å². The Hall–Kier alpha value is -4.11. The third kappa shape index (κ3) is 4.09. The molecule has 142 valence electrons. The van der Waals surface area contributed by atoms with Gasteiger partial charge in [0, 0.05) is 36.0 Å². The number of aromatic nitrogens is 3. The quantitative estimate of drug-likeness (QED) is 0.508. The van der Waals surface area contributed by atoms with Crippen LogP contribution in [-0.4, -0.2) is 14.5 Å². The van der Waals surface area contributed by atoms with E-state index in [9.17, 15) is 0 Å². The molecule has 0 unspecified atom stereocenters. The summed E-state index contributed by atoms with van der Waals surface area (Å²) in [4.78, 5) is 8.69. The zero-order chi connectivity index (χ0) is 20.2. The molecular formula is C23H19N5O. The maximum Gasteiger partial charge on any atom is 0.230 e. The molecule has 0 fully saturated rings. The normalized spacial score (nSPS) is 10.4. The maximum atomic E-state index is 8.90. The maximum absolute atomic E-state index is 8.90. The van der Waals surface area contributed by atoms with Crippen LogP contribution < -0.4 is 10.1 Å². The lowest BCUT2D eigenvalue weighted by Gasteiger charge is -2.14. The third-order valence-electron chi connectivity index (χ3n) is 4.45. The lowest BCUT2D eigenvalue weighted by atomic mass is 10.1. The highest BCUT2D eigenvalue weighted by molar-refractivity contribution is 5.55. The molecule has 2 heterocycles. The summed E-state index contributed by atoms with van der Waals surface area (Å²) < 4.78 is 8.15. The lowest BCUT2D eigenvalue weighted by Crippen LogP contribution is -2.00. The van der Waals surface area contributed by atoms with Crippen LogP contribution in [0.25, 0.3) is 5.69 Å². The first-order chi connectivity index (χ1) is 14.1. The minimum atomic E-state index is 0.423. The van der Waals surface area contributed by atoms with Crippen LogP contribution in [0, 0.1) is 25.2 Å². The van der Waals surface area contributed by atoms with Gasteiger partial charge >= 0.3 is 0 Å². The van der Waals surface area contributed by atoms with Crippen molar-refractivity contribution in [2.45, 2.75) is 13.8 Å². The van der Waals surface area contributed by atoms with Crippen molar-refractivity contribution in [3.63, 3.8) is 0 Å². The molecule has 4 aromatic rings. The highest BCUT2D eigenvalue weighted by atomic mass is 16.5. The van der Waals surface area contributed by atoms with Crippen LogP contribution in [0.3, 0.4) is 0 Å². The van der Waals surface area contributed by atoms with E-state index >= 15 is 0 Å². The molecule has 2 aromatic carbocycles. The van der Waals surface area contributed by atoms with Gasteiger partial charge in [-0.25, -0.2) is 4.98 Å². The predicted molar refractivity (Wildman–Crippen MR) is 112 cm³/mol. The molecule has 4 rings (SSSR count). The highest BCUT2D eigenvalue weighted by Crippen LogP contribution is 2.30. The van der Waals surface area contributed by atoms with Crippen molar-refractivity contribution in [3.05, 3.63) is 89.9 Å². The lowest BCUT2D eigenvalue weighted by molar-refractivity contribution is 0.455. The van der Waals surface area contributed by atoms with Gasteiger partial charge in [-0.05, 0) is 73.5 Å². The van der Waals surface area contributed by atoms with Gasteiger partial charge in [0.15, 0.2) is 0 Å². The Labute approximate surface area is 169 Å². The zero-order valence-corrected chi connectivity index (χ0v) is 16.1. The minimum Gasteiger partial charge on any atom is -0.438 e.